The second kappa shape index (κ2) is 4.76. The van der Waals surface area contributed by atoms with Crippen LogP contribution in [0.5, 0.6) is 0 Å². The van der Waals surface area contributed by atoms with Gasteiger partial charge in [-0.1, -0.05) is 11.6 Å². The molecule has 0 saturated carbocycles. The number of anilines is 1. The number of nitrogens with one attached hydrogen (secondary N) is 1. The molecule has 1 aromatic heterocycles. The summed E-state index contributed by atoms with van der Waals surface area (Å²) in [4.78, 5) is 0. The molecular formula is C10H9ClFN3S. The Hall–Kier alpha value is -1.20. The highest BCUT2D eigenvalue weighted by Gasteiger charge is 2.13. The van der Waals surface area contributed by atoms with Gasteiger partial charge in [0.05, 0.1) is 16.8 Å². The van der Waals surface area contributed by atoms with Gasteiger partial charge in [0.2, 0.25) is 0 Å². The largest absolute Gasteiger partial charge is 0.368 e. The monoisotopic (exact) mass is 257 g/mol. The van der Waals surface area contributed by atoms with E-state index < -0.39 is 0 Å². The first-order chi connectivity index (χ1) is 7.72. The second-order valence-electron chi connectivity index (χ2n) is 3.12. The van der Waals surface area contributed by atoms with E-state index >= 15 is 0 Å². The summed E-state index contributed by atoms with van der Waals surface area (Å²) < 4.78 is 21.2. The highest BCUT2D eigenvalue weighted by molar-refractivity contribution is 6.99. The van der Waals surface area contributed by atoms with Gasteiger partial charge in [-0.3, -0.25) is 0 Å². The molecule has 0 unspecified atom stereocenters. The molecule has 0 saturated heterocycles. The molecule has 0 fully saturated rings. The van der Waals surface area contributed by atoms with Crippen LogP contribution in [0.1, 0.15) is 6.92 Å². The minimum atomic E-state index is -0.359. The number of halogens is 2. The van der Waals surface area contributed by atoms with Crippen molar-refractivity contribution >= 4 is 29.1 Å². The van der Waals surface area contributed by atoms with Gasteiger partial charge in [-0.25, -0.2) is 4.39 Å². The molecule has 16 heavy (non-hydrogen) atoms. The molecular weight excluding hydrogens is 249 g/mol. The van der Waals surface area contributed by atoms with Crippen LogP contribution in [0.2, 0.25) is 5.02 Å². The molecule has 0 aliphatic carbocycles. The smallest absolute Gasteiger partial charge is 0.168 e. The molecule has 1 aromatic carbocycles. The molecule has 1 N–H and O–H groups in total. The van der Waals surface area contributed by atoms with E-state index in [4.69, 9.17) is 11.6 Å². The predicted molar refractivity (Wildman–Crippen MR) is 64.5 cm³/mol. The molecule has 0 spiro atoms. The number of hydrogen-bond acceptors (Lipinski definition) is 4. The minimum absolute atomic E-state index is 0.340. The minimum Gasteiger partial charge on any atom is -0.368 e. The first-order valence-corrected chi connectivity index (χ1v) is 5.85. The fraction of sp³-hybridized carbons (Fsp3) is 0.200. The Morgan fingerprint density at radius 2 is 2.25 bits per heavy atom. The highest BCUT2D eigenvalue weighted by Crippen LogP contribution is 2.32. The van der Waals surface area contributed by atoms with Crippen LogP contribution in [0.15, 0.2) is 18.2 Å². The van der Waals surface area contributed by atoms with Crippen LogP contribution in [0, 0.1) is 5.82 Å². The van der Waals surface area contributed by atoms with Gasteiger partial charge in [0.15, 0.2) is 5.82 Å². The van der Waals surface area contributed by atoms with Crippen LogP contribution in [-0.4, -0.2) is 15.3 Å². The fourth-order valence-electron chi connectivity index (χ4n) is 1.33. The number of aromatic nitrogens is 2. The maximum Gasteiger partial charge on any atom is 0.168 e. The topological polar surface area (TPSA) is 37.8 Å². The average molecular weight is 258 g/mol. The van der Waals surface area contributed by atoms with Gasteiger partial charge in [0.25, 0.3) is 0 Å². The maximum atomic E-state index is 12.9. The number of rotatable bonds is 3. The van der Waals surface area contributed by atoms with Gasteiger partial charge in [0, 0.05) is 12.1 Å². The van der Waals surface area contributed by atoms with Crippen LogP contribution in [0.4, 0.5) is 10.2 Å². The Kier molecular flexibility index (Phi) is 3.36. The quantitative estimate of drug-likeness (QED) is 0.915. The van der Waals surface area contributed by atoms with Gasteiger partial charge in [0.1, 0.15) is 11.5 Å². The molecule has 0 aliphatic heterocycles. The highest BCUT2D eigenvalue weighted by atomic mass is 35.5. The predicted octanol–water partition coefficient (Wildman–Crippen LogP) is 3.43. The zero-order valence-electron chi connectivity index (χ0n) is 8.50. The molecule has 0 atom stereocenters. The second-order valence-corrected chi connectivity index (χ2v) is 4.05. The SMILES string of the molecule is CCNc1nsnc1-c1ccc(F)cc1Cl. The summed E-state index contributed by atoms with van der Waals surface area (Å²) in [7, 11) is 0. The van der Waals surface area contributed by atoms with Crippen molar-refractivity contribution in [2.75, 3.05) is 11.9 Å². The number of benzene rings is 1. The summed E-state index contributed by atoms with van der Waals surface area (Å²) in [5.74, 6) is 0.322. The third-order valence-electron chi connectivity index (χ3n) is 2.02. The first kappa shape index (κ1) is 11.3. The Bertz CT molecular complexity index is 501. The lowest BCUT2D eigenvalue weighted by molar-refractivity contribution is 0.628. The van der Waals surface area contributed by atoms with Crippen LogP contribution in [0.3, 0.4) is 0 Å². The summed E-state index contributed by atoms with van der Waals surface area (Å²) in [6.07, 6.45) is 0. The third kappa shape index (κ3) is 2.15. The van der Waals surface area contributed by atoms with Crippen molar-refractivity contribution in [1.82, 2.24) is 8.75 Å². The average Bonchev–Trinajstić information content (AvgIpc) is 2.67. The normalized spacial score (nSPS) is 10.4. The summed E-state index contributed by atoms with van der Waals surface area (Å²) in [5.41, 5.74) is 1.35. The first-order valence-electron chi connectivity index (χ1n) is 4.74. The van der Waals surface area contributed by atoms with Crippen molar-refractivity contribution in [3.8, 4) is 11.3 Å². The van der Waals surface area contributed by atoms with Gasteiger partial charge < -0.3 is 5.32 Å². The lowest BCUT2D eigenvalue weighted by Crippen LogP contribution is -1.98. The number of hydrogen-bond donors (Lipinski definition) is 1. The number of nitrogens with zero attached hydrogens (tertiary/aromatic N) is 2. The molecule has 3 nitrogen and oxygen atoms in total. The molecule has 6 heteroatoms. The van der Waals surface area contributed by atoms with E-state index in [0.717, 1.165) is 18.3 Å². The van der Waals surface area contributed by atoms with Crippen LogP contribution in [-0.2, 0) is 0 Å². The van der Waals surface area contributed by atoms with Gasteiger partial charge in [-0.15, -0.1) is 0 Å². The van der Waals surface area contributed by atoms with Crippen molar-refractivity contribution in [2.45, 2.75) is 6.92 Å². The van der Waals surface area contributed by atoms with Crippen molar-refractivity contribution in [1.29, 1.82) is 0 Å². The van der Waals surface area contributed by atoms with Crippen LogP contribution in [0.25, 0.3) is 11.3 Å². The van der Waals surface area contributed by atoms with Crippen molar-refractivity contribution in [3.05, 3.63) is 29.0 Å². The Morgan fingerprint density at radius 3 is 2.94 bits per heavy atom. The van der Waals surface area contributed by atoms with Crippen LogP contribution < -0.4 is 5.32 Å². The van der Waals surface area contributed by atoms with E-state index in [2.05, 4.69) is 14.1 Å². The summed E-state index contributed by atoms with van der Waals surface area (Å²) in [6, 6.07) is 4.23. The maximum absolute atomic E-state index is 12.9. The zero-order chi connectivity index (χ0) is 11.5. The standard InChI is InChI=1S/C10H9ClFN3S/c1-2-13-10-9(14-16-15-10)7-4-3-6(12)5-8(7)11/h3-5H,2H2,1H3,(H,13,15). The van der Waals surface area contributed by atoms with Crippen LogP contribution >= 0.6 is 23.3 Å². The summed E-state index contributed by atoms with van der Waals surface area (Å²) >= 11 is 7.06. The zero-order valence-corrected chi connectivity index (χ0v) is 10.1. The summed E-state index contributed by atoms with van der Waals surface area (Å²) in [5, 5.41) is 3.42. The fourth-order valence-corrected chi connectivity index (χ4v) is 2.13. The molecule has 2 aromatic rings. The van der Waals surface area contributed by atoms with Crippen molar-refractivity contribution in [3.63, 3.8) is 0 Å². The molecule has 84 valence electrons. The third-order valence-corrected chi connectivity index (χ3v) is 2.86. The Morgan fingerprint density at radius 1 is 1.44 bits per heavy atom. The lowest BCUT2D eigenvalue weighted by Gasteiger charge is -2.04. The van der Waals surface area contributed by atoms with E-state index in [9.17, 15) is 4.39 Å². The van der Waals surface area contributed by atoms with Gasteiger partial charge in [-0.2, -0.15) is 8.75 Å². The molecule has 0 aliphatic rings. The Labute approximate surface area is 102 Å². The van der Waals surface area contributed by atoms with E-state index in [0.29, 0.717) is 22.1 Å². The summed E-state index contributed by atoms with van der Waals surface area (Å²) in [6.45, 7) is 2.71. The molecule has 0 radical (unpaired) electrons. The van der Waals surface area contributed by atoms with Gasteiger partial charge >= 0.3 is 0 Å². The Balaban J connectivity index is 2.46. The van der Waals surface area contributed by atoms with E-state index in [-0.39, 0.29) is 5.82 Å². The molecule has 0 amide bonds. The van der Waals surface area contributed by atoms with E-state index in [1.165, 1.54) is 12.1 Å². The van der Waals surface area contributed by atoms with Gasteiger partial charge in [-0.05, 0) is 25.1 Å². The lowest BCUT2D eigenvalue weighted by atomic mass is 10.1. The molecule has 2 rings (SSSR count). The van der Waals surface area contributed by atoms with E-state index in [1.807, 2.05) is 6.92 Å². The molecule has 0 bridgehead atoms. The van der Waals surface area contributed by atoms with Crippen molar-refractivity contribution in [2.24, 2.45) is 0 Å². The van der Waals surface area contributed by atoms with Crippen molar-refractivity contribution < 1.29 is 4.39 Å². The molecule has 1 heterocycles. The van der Waals surface area contributed by atoms with E-state index in [1.54, 1.807) is 6.07 Å².